The normalized spacial score (nSPS) is 19.0. The average molecular weight is 481 g/mol. The fourth-order valence-corrected chi connectivity index (χ4v) is 4.00. The van der Waals surface area contributed by atoms with Crippen LogP contribution in [0.5, 0.6) is 17.2 Å². The van der Waals surface area contributed by atoms with Crippen LogP contribution >= 0.6 is 11.6 Å². The molecule has 0 bridgehead atoms. The molecule has 0 spiro atoms. The summed E-state index contributed by atoms with van der Waals surface area (Å²) >= 11 is 5.87. The minimum atomic E-state index is -4.60. The van der Waals surface area contributed by atoms with Gasteiger partial charge in [0.25, 0.3) is 5.91 Å². The third-order valence-corrected chi connectivity index (χ3v) is 5.66. The number of amides is 1. The van der Waals surface area contributed by atoms with E-state index >= 15 is 0 Å². The van der Waals surface area contributed by atoms with Crippen LogP contribution in [0.25, 0.3) is 0 Å². The van der Waals surface area contributed by atoms with Gasteiger partial charge >= 0.3 is 6.18 Å². The van der Waals surface area contributed by atoms with Crippen molar-refractivity contribution < 1.29 is 32.5 Å². The number of fused-ring (bicyclic) bond motifs is 2. The Kier molecular flexibility index (Phi) is 5.00. The van der Waals surface area contributed by atoms with E-state index in [0.29, 0.717) is 17.1 Å². The number of phenols is 1. The van der Waals surface area contributed by atoms with Crippen molar-refractivity contribution in [1.29, 1.82) is 0 Å². The van der Waals surface area contributed by atoms with Crippen molar-refractivity contribution in [1.82, 2.24) is 9.78 Å². The second-order valence-electron chi connectivity index (χ2n) is 7.58. The molecule has 1 aromatic heterocycles. The molecule has 2 atom stereocenters. The number of aromatic nitrogens is 2. The van der Waals surface area contributed by atoms with Gasteiger partial charge in [0, 0.05) is 17.5 Å². The van der Waals surface area contributed by atoms with Crippen LogP contribution in [-0.4, -0.2) is 33.8 Å². The number of benzene rings is 2. The summed E-state index contributed by atoms with van der Waals surface area (Å²) in [4.78, 5) is 12.7. The molecule has 12 heteroatoms. The molecule has 1 amide bonds. The van der Waals surface area contributed by atoms with Gasteiger partial charge in [-0.3, -0.25) is 4.79 Å². The number of carbonyl (C=O) groups excluding carboxylic acids is 1. The number of ether oxygens (including phenoxy) is 2. The fourth-order valence-electron chi connectivity index (χ4n) is 3.83. The van der Waals surface area contributed by atoms with Gasteiger partial charge in [-0.25, -0.2) is 4.68 Å². The van der Waals surface area contributed by atoms with Crippen molar-refractivity contribution in [2.75, 3.05) is 17.4 Å². The number of hydrogen-bond donors (Lipinski definition) is 3. The lowest BCUT2D eigenvalue weighted by atomic mass is 9.96. The first-order chi connectivity index (χ1) is 15.7. The minimum Gasteiger partial charge on any atom is -0.506 e. The minimum absolute atomic E-state index is 0.0111. The van der Waals surface area contributed by atoms with Crippen LogP contribution in [-0.2, 0) is 0 Å². The molecule has 2 aromatic carbocycles. The number of phenolic OH excluding ortho intramolecular Hbond substituents is 1. The van der Waals surface area contributed by atoms with E-state index in [-0.39, 0.29) is 41.2 Å². The van der Waals surface area contributed by atoms with Crippen LogP contribution in [0.1, 0.15) is 34.6 Å². The highest BCUT2D eigenvalue weighted by Crippen LogP contribution is 2.45. The molecular weight excluding hydrogens is 465 g/mol. The van der Waals surface area contributed by atoms with Crippen molar-refractivity contribution in [2.45, 2.75) is 24.7 Å². The molecule has 2 aliphatic rings. The number of carbonyl (C=O) groups is 1. The number of halogens is 4. The maximum absolute atomic E-state index is 13.9. The van der Waals surface area contributed by atoms with Crippen LogP contribution < -0.4 is 20.1 Å². The average Bonchev–Trinajstić information content (AvgIpc) is 3.41. The van der Waals surface area contributed by atoms with Gasteiger partial charge in [0.05, 0.1) is 11.7 Å². The topological polar surface area (TPSA) is 97.6 Å². The van der Waals surface area contributed by atoms with Crippen molar-refractivity contribution in [3.8, 4) is 17.2 Å². The van der Waals surface area contributed by atoms with Gasteiger partial charge in [0.1, 0.15) is 11.6 Å². The van der Waals surface area contributed by atoms with Crippen LogP contribution in [0.3, 0.4) is 0 Å². The highest BCUT2D eigenvalue weighted by molar-refractivity contribution is 6.31. The second kappa shape index (κ2) is 7.77. The summed E-state index contributed by atoms with van der Waals surface area (Å²) in [5.41, 5.74) is 0.338. The molecule has 172 valence electrons. The maximum atomic E-state index is 13.9. The van der Waals surface area contributed by atoms with Gasteiger partial charge in [0.2, 0.25) is 6.79 Å². The highest BCUT2D eigenvalue weighted by atomic mass is 35.5. The smallest absolute Gasteiger partial charge is 0.410 e. The van der Waals surface area contributed by atoms with E-state index in [1.807, 2.05) is 0 Å². The summed E-state index contributed by atoms with van der Waals surface area (Å²) in [6, 6.07) is 7.54. The Morgan fingerprint density at radius 2 is 1.97 bits per heavy atom. The predicted molar refractivity (Wildman–Crippen MR) is 112 cm³/mol. The van der Waals surface area contributed by atoms with Crippen LogP contribution in [0.4, 0.5) is 24.7 Å². The lowest BCUT2D eigenvalue weighted by Crippen LogP contribution is -2.35. The van der Waals surface area contributed by atoms with E-state index < -0.39 is 24.2 Å². The first-order valence-electron chi connectivity index (χ1n) is 9.81. The molecule has 0 fully saturated rings. The predicted octanol–water partition coefficient (Wildman–Crippen LogP) is 4.88. The lowest BCUT2D eigenvalue weighted by molar-refractivity contribution is -0.173. The van der Waals surface area contributed by atoms with Crippen molar-refractivity contribution >= 4 is 29.0 Å². The Bertz CT molecular complexity index is 1250. The van der Waals surface area contributed by atoms with Gasteiger partial charge in [-0.1, -0.05) is 17.7 Å². The number of alkyl halides is 3. The van der Waals surface area contributed by atoms with Gasteiger partial charge in [-0.2, -0.15) is 18.3 Å². The third-order valence-electron chi connectivity index (χ3n) is 5.43. The molecule has 0 radical (unpaired) electrons. The second-order valence-corrected chi connectivity index (χ2v) is 8.01. The highest BCUT2D eigenvalue weighted by Gasteiger charge is 2.47. The number of nitrogens with one attached hydrogen (secondary N) is 2. The van der Waals surface area contributed by atoms with Gasteiger partial charge < -0.3 is 25.2 Å². The molecule has 3 aromatic rings. The fraction of sp³-hybridized carbons (Fsp3) is 0.238. The van der Waals surface area contributed by atoms with Crippen LogP contribution in [0.2, 0.25) is 5.02 Å². The third kappa shape index (κ3) is 3.99. The lowest BCUT2D eigenvalue weighted by Gasteiger charge is -2.33. The number of aromatic hydroxyl groups is 1. The molecular formula is C21H16ClF3N4O4. The molecule has 0 unspecified atom stereocenters. The van der Waals surface area contributed by atoms with E-state index in [2.05, 4.69) is 15.7 Å². The SMILES string of the molecule is O=C(Nc1cc(Cl)ccc1O)c1cc2n(n1)[C@@H](C(F)(F)F)C[C@H](c1ccc3c(c1)OCO3)N2. The Morgan fingerprint density at radius 1 is 1.18 bits per heavy atom. The molecule has 2 aliphatic heterocycles. The maximum Gasteiger partial charge on any atom is 0.410 e. The molecule has 8 nitrogen and oxygen atoms in total. The number of rotatable bonds is 3. The van der Waals surface area contributed by atoms with Crippen LogP contribution in [0.15, 0.2) is 42.5 Å². The van der Waals surface area contributed by atoms with E-state index in [4.69, 9.17) is 21.1 Å². The van der Waals surface area contributed by atoms with E-state index in [1.54, 1.807) is 18.2 Å². The Balaban J connectivity index is 1.45. The summed E-state index contributed by atoms with van der Waals surface area (Å²) in [5.74, 6) is -0.0250. The zero-order valence-corrected chi connectivity index (χ0v) is 17.4. The molecule has 0 saturated carbocycles. The van der Waals surface area contributed by atoms with Crippen molar-refractivity contribution in [3.63, 3.8) is 0 Å². The van der Waals surface area contributed by atoms with Crippen molar-refractivity contribution in [3.05, 3.63) is 58.7 Å². The summed E-state index contributed by atoms with van der Waals surface area (Å²) in [5, 5.41) is 19.5. The first kappa shape index (κ1) is 21.3. The van der Waals surface area contributed by atoms with Crippen molar-refractivity contribution in [2.24, 2.45) is 0 Å². The van der Waals surface area contributed by atoms with E-state index in [9.17, 15) is 23.1 Å². The Labute approximate surface area is 189 Å². The molecule has 0 aliphatic carbocycles. The first-order valence-corrected chi connectivity index (χ1v) is 10.2. The molecule has 5 rings (SSSR count). The Morgan fingerprint density at radius 3 is 2.76 bits per heavy atom. The summed E-state index contributed by atoms with van der Waals surface area (Å²) in [6.45, 7) is 0.0511. The summed E-state index contributed by atoms with van der Waals surface area (Å²) in [6.07, 6.45) is -4.94. The molecule has 33 heavy (non-hydrogen) atoms. The summed E-state index contributed by atoms with van der Waals surface area (Å²) < 4.78 is 53.1. The Hall–Kier alpha value is -3.60. The summed E-state index contributed by atoms with van der Waals surface area (Å²) in [7, 11) is 0. The number of nitrogens with zero attached hydrogens (tertiary/aromatic N) is 2. The molecule has 0 saturated heterocycles. The van der Waals surface area contributed by atoms with Crippen LogP contribution in [0, 0.1) is 0 Å². The monoisotopic (exact) mass is 480 g/mol. The number of anilines is 2. The van der Waals surface area contributed by atoms with Gasteiger partial charge in [0.15, 0.2) is 23.2 Å². The largest absolute Gasteiger partial charge is 0.506 e. The zero-order chi connectivity index (χ0) is 23.3. The standard InChI is InChI=1S/C21H16ClF3N4O4/c22-11-2-3-15(30)13(6-11)27-20(31)14-8-19-26-12(7-18(21(23,24)25)29(19)28-14)10-1-4-16-17(5-10)33-9-32-16/h1-6,8,12,18,26,30H,7,9H2,(H,27,31)/t12-,18-/m1/s1. The zero-order valence-electron chi connectivity index (χ0n) is 16.7. The molecule has 3 N–H and O–H groups in total. The van der Waals surface area contributed by atoms with Gasteiger partial charge in [-0.05, 0) is 35.9 Å². The van der Waals surface area contributed by atoms with Gasteiger partial charge in [-0.15, -0.1) is 0 Å². The van der Waals surface area contributed by atoms with E-state index in [1.165, 1.54) is 24.3 Å². The van der Waals surface area contributed by atoms with E-state index in [0.717, 1.165) is 4.68 Å². The number of hydrogen-bond acceptors (Lipinski definition) is 6. The molecule has 3 heterocycles. The quantitative estimate of drug-likeness (QED) is 0.462.